The van der Waals surface area contributed by atoms with Crippen LogP contribution in [0.2, 0.25) is 15.2 Å². The number of halogens is 4. The summed E-state index contributed by atoms with van der Waals surface area (Å²) in [6, 6.07) is 3.75. The summed E-state index contributed by atoms with van der Waals surface area (Å²) in [7, 11) is -3.99. The quantitative estimate of drug-likeness (QED) is 0.560. The Morgan fingerprint density at radius 3 is 2.29 bits per heavy atom. The lowest BCUT2D eigenvalue weighted by Crippen LogP contribution is -2.14. The second-order valence-corrected chi connectivity index (χ2v) is 7.58. The first-order valence-electron chi connectivity index (χ1n) is 5.22. The molecule has 2 aromatic rings. The summed E-state index contributed by atoms with van der Waals surface area (Å²) in [6.07, 6.45) is 1.37. The first-order valence-corrected chi connectivity index (χ1v) is 8.63. The predicted molar refractivity (Wildman–Crippen MR) is 85.9 cm³/mol. The Morgan fingerprint density at radius 2 is 1.71 bits per heavy atom. The molecule has 0 saturated heterocycles. The largest absolute Gasteiger partial charge is 0.505 e. The van der Waals surface area contributed by atoms with Crippen molar-refractivity contribution in [2.75, 3.05) is 4.72 Å². The highest BCUT2D eigenvalue weighted by Crippen LogP contribution is 2.35. The van der Waals surface area contributed by atoms with E-state index in [1.807, 2.05) is 0 Å². The van der Waals surface area contributed by atoms with Gasteiger partial charge in [-0.15, -0.1) is 0 Å². The van der Waals surface area contributed by atoms with E-state index >= 15 is 0 Å². The molecule has 10 heteroatoms. The van der Waals surface area contributed by atoms with Crippen LogP contribution in [-0.2, 0) is 10.0 Å². The van der Waals surface area contributed by atoms with E-state index in [4.69, 9.17) is 34.8 Å². The zero-order valence-corrected chi connectivity index (χ0v) is 14.6. The third-order valence-electron chi connectivity index (χ3n) is 2.33. The van der Waals surface area contributed by atoms with Gasteiger partial charge in [-0.2, -0.15) is 0 Å². The van der Waals surface area contributed by atoms with Crippen molar-refractivity contribution >= 4 is 66.4 Å². The second-order valence-electron chi connectivity index (χ2n) is 3.84. The van der Waals surface area contributed by atoms with Gasteiger partial charge in [-0.05, 0) is 34.1 Å². The monoisotopic (exact) mass is 430 g/mol. The molecule has 0 bridgehead atoms. The molecule has 0 unspecified atom stereocenters. The number of anilines is 1. The second kappa shape index (κ2) is 6.18. The Balaban J connectivity index is 2.45. The highest BCUT2D eigenvalue weighted by atomic mass is 79.9. The molecule has 1 heterocycles. The minimum Gasteiger partial charge on any atom is -0.505 e. The smallest absolute Gasteiger partial charge is 0.265 e. The number of pyridine rings is 1. The molecule has 0 radical (unpaired) electrons. The van der Waals surface area contributed by atoms with Gasteiger partial charge in [-0.25, -0.2) is 13.4 Å². The number of nitrogens with zero attached hydrogens (tertiary/aromatic N) is 1. The summed E-state index contributed by atoms with van der Waals surface area (Å²) >= 11 is 20.4. The van der Waals surface area contributed by atoms with Crippen molar-refractivity contribution in [1.29, 1.82) is 0 Å². The number of rotatable bonds is 3. The zero-order valence-electron chi connectivity index (χ0n) is 9.94. The molecule has 112 valence electrons. The molecule has 2 rings (SSSR count). The van der Waals surface area contributed by atoms with Gasteiger partial charge in [0.15, 0.2) is 5.75 Å². The minimum atomic E-state index is -3.99. The Labute approximate surface area is 144 Å². The van der Waals surface area contributed by atoms with E-state index in [-0.39, 0.29) is 31.5 Å². The van der Waals surface area contributed by atoms with Crippen LogP contribution in [0.1, 0.15) is 0 Å². The molecular weight excluding hydrogens is 426 g/mol. The summed E-state index contributed by atoms with van der Waals surface area (Å²) in [5.41, 5.74) is 0.0823. The van der Waals surface area contributed by atoms with Crippen LogP contribution in [0, 0.1) is 0 Å². The van der Waals surface area contributed by atoms with Gasteiger partial charge in [0.1, 0.15) is 10.0 Å². The molecule has 0 amide bonds. The van der Waals surface area contributed by atoms with Gasteiger partial charge in [0.05, 0.1) is 15.7 Å². The van der Waals surface area contributed by atoms with E-state index in [9.17, 15) is 13.5 Å². The molecule has 5 nitrogen and oxygen atoms in total. The molecule has 0 fully saturated rings. The van der Waals surface area contributed by atoms with Crippen molar-refractivity contribution in [2.24, 2.45) is 0 Å². The van der Waals surface area contributed by atoms with E-state index in [1.54, 1.807) is 0 Å². The van der Waals surface area contributed by atoms with E-state index in [2.05, 4.69) is 25.6 Å². The first-order chi connectivity index (χ1) is 9.70. The average molecular weight is 433 g/mol. The summed E-state index contributed by atoms with van der Waals surface area (Å²) in [5, 5.41) is 9.10. The minimum absolute atomic E-state index is 0.0823. The van der Waals surface area contributed by atoms with Crippen molar-refractivity contribution in [3.05, 3.63) is 44.1 Å². The summed E-state index contributed by atoms with van der Waals surface area (Å²) in [6.45, 7) is 0. The van der Waals surface area contributed by atoms with Crippen LogP contribution in [-0.4, -0.2) is 18.5 Å². The van der Waals surface area contributed by atoms with Gasteiger partial charge >= 0.3 is 0 Å². The van der Waals surface area contributed by atoms with Crippen LogP contribution in [0.4, 0.5) is 5.69 Å². The van der Waals surface area contributed by atoms with Crippen LogP contribution in [0.5, 0.6) is 5.75 Å². The fraction of sp³-hybridized carbons (Fsp3) is 0. The maximum absolute atomic E-state index is 12.3. The maximum Gasteiger partial charge on any atom is 0.265 e. The van der Waals surface area contributed by atoms with Crippen LogP contribution < -0.4 is 4.72 Å². The predicted octanol–water partition coefficient (Wildman–Crippen LogP) is 4.31. The van der Waals surface area contributed by atoms with Crippen molar-refractivity contribution < 1.29 is 13.5 Å². The number of aromatic hydroxyl groups is 1. The van der Waals surface area contributed by atoms with Gasteiger partial charge < -0.3 is 5.11 Å². The SMILES string of the molecule is O=S(=O)(Nc1cc(Cl)c(O)c(Cl)c1)c1cc(Br)cnc1Cl. The maximum atomic E-state index is 12.3. The number of phenols is 1. The number of aromatic nitrogens is 1. The summed E-state index contributed by atoms with van der Waals surface area (Å²) in [5.74, 6) is -0.330. The number of hydrogen-bond acceptors (Lipinski definition) is 4. The average Bonchev–Trinajstić information content (AvgIpc) is 2.38. The van der Waals surface area contributed by atoms with Gasteiger partial charge in [0, 0.05) is 10.7 Å². The van der Waals surface area contributed by atoms with E-state index in [0.717, 1.165) is 0 Å². The van der Waals surface area contributed by atoms with Crippen molar-refractivity contribution in [1.82, 2.24) is 4.98 Å². The van der Waals surface area contributed by atoms with Crippen LogP contribution >= 0.6 is 50.7 Å². The first kappa shape index (κ1) is 16.6. The topological polar surface area (TPSA) is 79.3 Å². The van der Waals surface area contributed by atoms with E-state index in [0.29, 0.717) is 4.47 Å². The lowest BCUT2D eigenvalue weighted by molar-refractivity contribution is 0.476. The number of hydrogen-bond donors (Lipinski definition) is 2. The number of phenolic OH excluding ortho intramolecular Hbond substituents is 1. The fourth-order valence-corrected chi connectivity index (χ4v) is 3.90. The van der Waals surface area contributed by atoms with Gasteiger partial charge in [0.25, 0.3) is 10.0 Å². The molecule has 0 aliphatic carbocycles. The highest BCUT2D eigenvalue weighted by molar-refractivity contribution is 9.10. The molecule has 0 aliphatic rings. The number of sulfonamides is 1. The number of nitrogens with one attached hydrogen (secondary N) is 1. The molecule has 21 heavy (non-hydrogen) atoms. The molecule has 1 aromatic carbocycles. The Hall–Kier alpha value is -0.730. The van der Waals surface area contributed by atoms with E-state index in [1.165, 1.54) is 24.4 Å². The molecule has 0 spiro atoms. The lowest BCUT2D eigenvalue weighted by atomic mass is 10.3. The highest BCUT2D eigenvalue weighted by Gasteiger charge is 2.20. The Morgan fingerprint density at radius 1 is 1.14 bits per heavy atom. The van der Waals surface area contributed by atoms with Gasteiger partial charge in [0.2, 0.25) is 0 Å². The van der Waals surface area contributed by atoms with Crippen molar-refractivity contribution in [3.63, 3.8) is 0 Å². The van der Waals surface area contributed by atoms with Crippen LogP contribution in [0.25, 0.3) is 0 Å². The number of benzene rings is 1. The Bertz CT molecular complexity index is 791. The molecule has 2 N–H and O–H groups in total. The normalized spacial score (nSPS) is 11.4. The van der Waals surface area contributed by atoms with Crippen LogP contribution in [0.15, 0.2) is 33.8 Å². The lowest BCUT2D eigenvalue weighted by Gasteiger charge is -2.11. The van der Waals surface area contributed by atoms with Crippen molar-refractivity contribution in [3.8, 4) is 5.75 Å². The fourth-order valence-electron chi connectivity index (χ4n) is 1.43. The zero-order chi connectivity index (χ0) is 15.8. The third kappa shape index (κ3) is 3.73. The summed E-state index contributed by atoms with van der Waals surface area (Å²) in [4.78, 5) is 3.53. The molecular formula is C11H6BrCl3N2O3S. The third-order valence-corrected chi connectivity index (χ3v) is 5.15. The molecule has 0 aliphatic heterocycles. The standard InChI is InChI=1S/C11H6BrCl3N2O3S/c12-5-1-9(11(15)16-4-5)21(19,20)17-6-2-7(13)10(18)8(14)3-6/h1-4,17-18H. The van der Waals surface area contributed by atoms with Gasteiger partial charge in [-0.1, -0.05) is 34.8 Å². The Kier molecular flexibility index (Phi) is 4.89. The van der Waals surface area contributed by atoms with Crippen LogP contribution in [0.3, 0.4) is 0 Å². The molecule has 1 aromatic heterocycles. The van der Waals surface area contributed by atoms with E-state index < -0.39 is 10.0 Å². The van der Waals surface area contributed by atoms with Gasteiger partial charge in [-0.3, -0.25) is 4.72 Å². The summed E-state index contributed by atoms with van der Waals surface area (Å²) < 4.78 is 27.3. The molecule has 0 saturated carbocycles. The van der Waals surface area contributed by atoms with Crippen molar-refractivity contribution in [2.45, 2.75) is 4.90 Å². The molecule has 0 atom stereocenters.